The number of piperazine rings is 1. The highest BCUT2D eigenvalue weighted by atomic mass is 16.2. The number of amides is 1. The molecule has 0 spiro atoms. The first-order valence-corrected chi connectivity index (χ1v) is 12.3. The van der Waals surface area contributed by atoms with E-state index in [2.05, 4.69) is 70.2 Å². The largest absolute Gasteiger partial charge is 0.333 e. The van der Waals surface area contributed by atoms with E-state index in [0.717, 1.165) is 53.3 Å². The lowest BCUT2D eigenvalue weighted by Crippen LogP contribution is -2.54. The zero-order chi connectivity index (χ0) is 24.2. The molecule has 5 rings (SSSR count). The van der Waals surface area contributed by atoms with Gasteiger partial charge in [0.2, 0.25) is 0 Å². The van der Waals surface area contributed by atoms with E-state index in [4.69, 9.17) is 5.73 Å². The zero-order valence-corrected chi connectivity index (χ0v) is 20.2. The van der Waals surface area contributed by atoms with Gasteiger partial charge >= 0.3 is 0 Å². The van der Waals surface area contributed by atoms with Gasteiger partial charge in [-0.1, -0.05) is 78.9 Å². The number of carbonyl (C=O) groups excluding carboxylic acids is 1. The second kappa shape index (κ2) is 10.3. The Morgan fingerprint density at radius 3 is 2.40 bits per heavy atom. The summed E-state index contributed by atoms with van der Waals surface area (Å²) in [5.41, 5.74) is 13.1. The van der Waals surface area contributed by atoms with Gasteiger partial charge in [0.1, 0.15) is 0 Å². The van der Waals surface area contributed by atoms with Gasteiger partial charge in [0, 0.05) is 37.9 Å². The maximum atomic E-state index is 14.2. The molecule has 1 aliphatic rings. The molecule has 0 bridgehead atoms. The van der Waals surface area contributed by atoms with E-state index in [9.17, 15) is 4.79 Å². The van der Waals surface area contributed by atoms with Gasteiger partial charge in [-0.3, -0.25) is 4.79 Å². The number of hydrogen-bond donors (Lipinski definition) is 2. The van der Waals surface area contributed by atoms with E-state index >= 15 is 0 Å². The van der Waals surface area contributed by atoms with Gasteiger partial charge in [-0.25, -0.2) is 0 Å². The van der Waals surface area contributed by atoms with E-state index in [1.165, 1.54) is 5.56 Å². The van der Waals surface area contributed by atoms with E-state index in [1.807, 2.05) is 42.5 Å². The molecule has 0 unspecified atom stereocenters. The summed E-state index contributed by atoms with van der Waals surface area (Å²) in [7, 11) is 0. The Hall–Kier alpha value is -3.67. The highest BCUT2D eigenvalue weighted by molar-refractivity contribution is 6.01. The molecule has 1 saturated heterocycles. The molecule has 0 radical (unpaired) electrons. The lowest BCUT2D eigenvalue weighted by molar-refractivity contribution is 0.0637. The minimum absolute atomic E-state index is 0.0818. The highest BCUT2D eigenvalue weighted by Gasteiger charge is 2.31. The van der Waals surface area contributed by atoms with Crippen LogP contribution in [0.2, 0.25) is 0 Å². The standard InChI is InChI=1S/C30H32N4O/c1-22-18-27(30(35)33-17-16-32-21-26(33)19-23-10-4-2-5-11-23)29(24-12-6-3-7-13-24)34(22)28-15-9-8-14-25(28)20-31/h2-15,18,26,32H,16-17,19-21,31H2,1H3/t26-/m1/s1. The van der Waals surface area contributed by atoms with Crippen molar-refractivity contribution in [3.05, 3.63) is 113 Å². The summed E-state index contributed by atoms with van der Waals surface area (Å²) < 4.78 is 2.19. The number of aryl methyl sites for hydroxylation is 1. The van der Waals surface area contributed by atoms with E-state index in [0.29, 0.717) is 13.1 Å². The van der Waals surface area contributed by atoms with Crippen LogP contribution in [-0.4, -0.2) is 41.1 Å². The van der Waals surface area contributed by atoms with E-state index < -0.39 is 0 Å². The minimum atomic E-state index is 0.0818. The Balaban J connectivity index is 1.60. The summed E-state index contributed by atoms with van der Waals surface area (Å²) in [6.07, 6.45) is 0.829. The average molecular weight is 465 g/mol. The fourth-order valence-electron chi connectivity index (χ4n) is 5.15. The molecule has 178 valence electrons. The Labute approximate surface area is 207 Å². The molecular weight excluding hydrogens is 432 g/mol. The van der Waals surface area contributed by atoms with Crippen molar-refractivity contribution in [2.75, 3.05) is 19.6 Å². The van der Waals surface area contributed by atoms with Crippen LogP contribution in [0, 0.1) is 6.92 Å². The summed E-state index contributed by atoms with van der Waals surface area (Å²) >= 11 is 0. The number of hydrogen-bond acceptors (Lipinski definition) is 3. The van der Waals surface area contributed by atoms with Crippen molar-refractivity contribution in [1.29, 1.82) is 0 Å². The highest BCUT2D eigenvalue weighted by Crippen LogP contribution is 2.33. The van der Waals surface area contributed by atoms with Crippen molar-refractivity contribution in [2.45, 2.75) is 25.9 Å². The quantitative estimate of drug-likeness (QED) is 0.439. The second-order valence-electron chi connectivity index (χ2n) is 9.13. The molecule has 3 aromatic carbocycles. The van der Waals surface area contributed by atoms with Crippen molar-refractivity contribution in [2.24, 2.45) is 5.73 Å². The molecule has 35 heavy (non-hydrogen) atoms. The topological polar surface area (TPSA) is 63.3 Å². The van der Waals surface area contributed by atoms with Crippen LogP contribution in [-0.2, 0) is 13.0 Å². The SMILES string of the molecule is Cc1cc(C(=O)N2CCNC[C@H]2Cc2ccccc2)c(-c2ccccc2)n1-c1ccccc1CN. The second-order valence-corrected chi connectivity index (χ2v) is 9.13. The van der Waals surface area contributed by atoms with Crippen LogP contribution in [0.5, 0.6) is 0 Å². The van der Waals surface area contributed by atoms with Crippen LogP contribution < -0.4 is 11.1 Å². The Morgan fingerprint density at radius 2 is 1.66 bits per heavy atom. The fourth-order valence-corrected chi connectivity index (χ4v) is 5.15. The minimum Gasteiger partial charge on any atom is -0.333 e. The van der Waals surface area contributed by atoms with Gasteiger partial charge in [0.15, 0.2) is 0 Å². The number of nitrogens with two attached hydrogens (primary N) is 1. The Morgan fingerprint density at radius 1 is 0.971 bits per heavy atom. The van der Waals surface area contributed by atoms with Gasteiger partial charge in [-0.15, -0.1) is 0 Å². The van der Waals surface area contributed by atoms with Crippen molar-refractivity contribution in [1.82, 2.24) is 14.8 Å². The molecule has 1 fully saturated rings. The summed E-state index contributed by atoms with van der Waals surface area (Å²) in [6.45, 7) is 4.77. The van der Waals surface area contributed by atoms with Crippen LogP contribution in [0.4, 0.5) is 0 Å². The van der Waals surface area contributed by atoms with E-state index in [1.54, 1.807) is 0 Å². The molecule has 1 amide bonds. The first-order chi connectivity index (χ1) is 17.2. The lowest BCUT2D eigenvalue weighted by atomic mass is 10.0. The van der Waals surface area contributed by atoms with Crippen molar-refractivity contribution in [3.8, 4) is 16.9 Å². The molecule has 1 aromatic heterocycles. The molecule has 2 heterocycles. The van der Waals surface area contributed by atoms with Crippen LogP contribution in [0.15, 0.2) is 91.0 Å². The fraction of sp³-hybridized carbons (Fsp3) is 0.233. The van der Waals surface area contributed by atoms with Gasteiger partial charge < -0.3 is 20.5 Å². The molecular formula is C30H32N4O. The first kappa shape index (κ1) is 23.1. The summed E-state index contributed by atoms with van der Waals surface area (Å²) in [5.74, 6) is 0.0818. The number of rotatable bonds is 6. The van der Waals surface area contributed by atoms with Gasteiger partial charge in [0.25, 0.3) is 5.91 Å². The Bertz CT molecular complexity index is 1300. The lowest BCUT2D eigenvalue weighted by Gasteiger charge is -2.36. The third kappa shape index (κ3) is 4.65. The summed E-state index contributed by atoms with van der Waals surface area (Å²) in [5, 5.41) is 3.48. The average Bonchev–Trinajstić information content (AvgIpc) is 3.26. The third-order valence-corrected chi connectivity index (χ3v) is 6.84. The molecule has 4 aromatic rings. The van der Waals surface area contributed by atoms with E-state index in [-0.39, 0.29) is 11.9 Å². The van der Waals surface area contributed by atoms with Gasteiger partial charge in [0.05, 0.1) is 16.9 Å². The van der Waals surface area contributed by atoms with Crippen LogP contribution >= 0.6 is 0 Å². The van der Waals surface area contributed by atoms with Crippen molar-refractivity contribution in [3.63, 3.8) is 0 Å². The van der Waals surface area contributed by atoms with Gasteiger partial charge in [-0.05, 0) is 42.2 Å². The molecule has 0 saturated carbocycles. The molecule has 5 heteroatoms. The smallest absolute Gasteiger partial charge is 0.256 e. The number of benzene rings is 3. The molecule has 0 aliphatic carbocycles. The molecule has 5 nitrogen and oxygen atoms in total. The Kier molecular flexibility index (Phi) is 6.80. The number of aromatic nitrogens is 1. The molecule has 3 N–H and O–H groups in total. The predicted octanol–water partition coefficient (Wildman–Crippen LogP) is 4.57. The normalized spacial score (nSPS) is 15.8. The maximum absolute atomic E-state index is 14.2. The number of nitrogens with zero attached hydrogens (tertiary/aromatic N) is 2. The summed E-state index contributed by atoms with van der Waals surface area (Å²) in [6, 6.07) is 30.9. The summed E-state index contributed by atoms with van der Waals surface area (Å²) in [4.78, 5) is 16.3. The number of para-hydroxylation sites is 1. The van der Waals surface area contributed by atoms with Crippen LogP contribution in [0.25, 0.3) is 16.9 Å². The number of nitrogens with one attached hydrogen (secondary N) is 1. The van der Waals surface area contributed by atoms with Crippen LogP contribution in [0.3, 0.4) is 0 Å². The number of carbonyl (C=O) groups is 1. The van der Waals surface area contributed by atoms with Gasteiger partial charge in [-0.2, -0.15) is 0 Å². The monoisotopic (exact) mass is 464 g/mol. The van der Waals surface area contributed by atoms with Crippen LogP contribution in [0.1, 0.15) is 27.2 Å². The van der Waals surface area contributed by atoms with Crippen molar-refractivity contribution >= 4 is 5.91 Å². The molecule has 1 atom stereocenters. The van der Waals surface area contributed by atoms with Crippen molar-refractivity contribution < 1.29 is 4.79 Å². The third-order valence-electron chi connectivity index (χ3n) is 6.84. The first-order valence-electron chi connectivity index (χ1n) is 12.3. The maximum Gasteiger partial charge on any atom is 0.256 e. The predicted molar refractivity (Wildman–Crippen MR) is 142 cm³/mol. The molecule has 1 aliphatic heterocycles. The zero-order valence-electron chi connectivity index (χ0n) is 20.2.